The van der Waals surface area contributed by atoms with Gasteiger partial charge < -0.3 is 15.2 Å². The van der Waals surface area contributed by atoms with Crippen LogP contribution in [-0.4, -0.2) is 37.0 Å². The molecule has 0 saturated carbocycles. The summed E-state index contributed by atoms with van der Waals surface area (Å²) in [6.45, 7) is 10.7. The quantitative estimate of drug-likeness (QED) is 0.529. The molecule has 0 aliphatic rings. The highest BCUT2D eigenvalue weighted by Crippen LogP contribution is 2.07. The van der Waals surface area contributed by atoms with Gasteiger partial charge in [0, 0.05) is 6.54 Å². The van der Waals surface area contributed by atoms with Crippen LogP contribution in [0, 0.1) is 5.92 Å². The Morgan fingerprint density at radius 3 is 2.44 bits per heavy atom. The van der Waals surface area contributed by atoms with Crippen molar-refractivity contribution in [2.24, 2.45) is 5.92 Å². The summed E-state index contributed by atoms with van der Waals surface area (Å²) < 4.78 is 5.62. The Hall–Kier alpha value is -0.120. The Morgan fingerprint density at radius 2 is 1.83 bits per heavy atom. The maximum Gasteiger partial charge on any atom is 0.0897 e. The van der Waals surface area contributed by atoms with Crippen LogP contribution >= 0.6 is 0 Å². The first-order chi connectivity index (χ1) is 8.56. The van der Waals surface area contributed by atoms with Crippen molar-refractivity contribution in [1.82, 2.24) is 5.32 Å². The van der Waals surface area contributed by atoms with Gasteiger partial charge in [-0.05, 0) is 32.2 Å². The van der Waals surface area contributed by atoms with Gasteiger partial charge in [-0.2, -0.15) is 0 Å². The normalized spacial score (nSPS) is 15.0. The molecule has 0 heterocycles. The number of aliphatic hydroxyl groups excluding tert-OH is 1. The highest BCUT2D eigenvalue weighted by Gasteiger charge is 2.09. The van der Waals surface area contributed by atoms with Crippen LogP contribution in [0.2, 0.25) is 0 Å². The fourth-order valence-electron chi connectivity index (χ4n) is 2.01. The number of unbranched alkanes of at least 4 members (excludes halogenated alkanes) is 3. The molecule has 18 heavy (non-hydrogen) atoms. The van der Waals surface area contributed by atoms with Crippen molar-refractivity contribution in [2.45, 2.75) is 72.0 Å². The Kier molecular flexibility index (Phi) is 11.9. The van der Waals surface area contributed by atoms with E-state index in [1.54, 1.807) is 0 Å². The first-order valence-corrected chi connectivity index (χ1v) is 7.56. The number of rotatable bonds is 12. The molecule has 0 radical (unpaired) electrons. The highest BCUT2D eigenvalue weighted by atomic mass is 16.5. The van der Waals surface area contributed by atoms with Crippen molar-refractivity contribution < 1.29 is 9.84 Å². The molecule has 2 unspecified atom stereocenters. The lowest BCUT2D eigenvalue weighted by molar-refractivity contribution is -0.00843. The van der Waals surface area contributed by atoms with Gasteiger partial charge in [0.1, 0.15) is 0 Å². The van der Waals surface area contributed by atoms with Gasteiger partial charge >= 0.3 is 0 Å². The fraction of sp³-hybridized carbons (Fsp3) is 1.00. The Balaban J connectivity index is 3.34. The lowest BCUT2D eigenvalue weighted by Gasteiger charge is -2.18. The average molecular weight is 259 g/mol. The number of hydrogen-bond acceptors (Lipinski definition) is 3. The van der Waals surface area contributed by atoms with Crippen molar-refractivity contribution in [3.63, 3.8) is 0 Å². The first kappa shape index (κ1) is 17.9. The summed E-state index contributed by atoms with van der Waals surface area (Å²) in [4.78, 5) is 0. The molecule has 0 aliphatic heterocycles. The molecule has 2 N–H and O–H groups in total. The number of ether oxygens (including phenoxy) is 1. The molecule has 0 amide bonds. The van der Waals surface area contributed by atoms with Crippen LogP contribution in [0.4, 0.5) is 0 Å². The van der Waals surface area contributed by atoms with Gasteiger partial charge in [0.25, 0.3) is 0 Å². The molecule has 0 fully saturated rings. The molecule has 0 aromatic heterocycles. The van der Waals surface area contributed by atoms with Gasteiger partial charge in [0.15, 0.2) is 0 Å². The van der Waals surface area contributed by atoms with Gasteiger partial charge in [0.05, 0.1) is 18.8 Å². The molecule has 0 rings (SSSR count). The molecule has 110 valence electrons. The van der Waals surface area contributed by atoms with Crippen LogP contribution in [0.1, 0.15) is 59.8 Å². The van der Waals surface area contributed by atoms with Gasteiger partial charge in [-0.25, -0.2) is 0 Å². The molecule has 0 spiro atoms. The minimum Gasteiger partial charge on any atom is -0.389 e. The minimum atomic E-state index is -0.384. The van der Waals surface area contributed by atoms with Gasteiger partial charge in [0.2, 0.25) is 0 Å². The number of aliphatic hydroxyl groups is 1. The number of hydrogen-bond donors (Lipinski definition) is 2. The van der Waals surface area contributed by atoms with Crippen LogP contribution < -0.4 is 5.32 Å². The molecular formula is C15H33NO2. The van der Waals surface area contributed by atoms with E-state index in [1.807, 2.05) is 0 Å². The third-order valence-corrected chi connectivity index (χ3v) is 2.96. The van der Waals surface area contributed by atoms with Crippen LogP contribution in [0.25, 0.3) is 0 Å². The Labute approximate surface area is 113 Å². The predicted molar refractivity (Wildman–Crippen MR) is 77.9 cm³/mol. The van der Waals surface area contributed by atoms with E-state index < -0.39 is 0 Å². The molecule has 0 bridgehead atoms. The Morgan fingerprint density at radius 1 is 1.11 bits per heavy atom. The van der Waals surface area contributed by atoms with E-state index in [-0.39, 0.29) is 12.2 Å². The molecule has 0 aromatic carbocycles. The van der Waals surface area contributed by atoms with Gasteiger partial charge in [-0.3, -0.25) is 0 Å². The SMILES string of the molecule is CCCCCCNCC(O)COC(C)CC(C)C. The van der Waals surface area contributed by atoms with Crippen LogP contribution in [0.3, 0.4) is 0 Å². The zero-order valence-electron chi connectivity index (χ0n) is 12.7. The number of nitrogens with one attached hydrogen (secondary N) is 1. The fourth-order valence-corrected chi connectivity index (χ4v) is 2.01. The molecule has 0 aliphatic carbocycles. The summed E-state index contributed by atoms with van der Waals surface area (Å²) in [5.41, 5.74) is 0. The summed E-state index contributed by atoms with van der Waals surface area (Å²) >= 11 is 0. The monoisotopic (exact) mass is 259 g/mol. The summed E-state index contributed by atoms with van der Waals surface area (Å²) in [5.74, 6) is 0.647. The van der Waals surface area contributed by atoms with Crippen LogP contribution in [-0.2, 0) is 4.74 Å². The smallest absolute Gasteiger partial charge is 0.0897 e. The van der Waals surface area contributed by atoms with E-state index in [1.165, 1.54) is 25.7 Å². The largest absolute Gasteiger partial charge is 0.389 e. The summed E-state index contributed by atoms with van der Waals surface area (Å²) in [6.07, 6.45) is 5.96. The molecule has 0 aromatic rings. The maximum absolute atomic E-state index is 9.75. The van der Waals surface area contributed by atoms with E-state index >= 15 is 0 Å². The van der Waals surface area contributed by atoms with Crippen molar-refractivity contribution in [3.8, 4) is 0 Å². The van der Waals surface area contributed by atoms with E-state index in [9.17, 15) is 5.11 Å². The molecule has 0 saturated heterocycles. The average Bonchev–Trinajstić information content (AvgIpc) is 2.30. The van der Waals surface area contributed by atoms with E-state index in [2.05, 4.69) is 33.0 Å². The first-order valence-electron chi connectivity index (χ1n) is 7.56. The standard InChI is InChI=1S/C15H33NO2/c1-5-6-7-8-9-16-11-15(17)12-18-14(4)10-13(2)3/h13-17H,5-12H2,1-4H3. The third-order valence-electron chi connectivity index (χ3n) is 2.96. The van der Waals surface area contributed by atoms with Crippen LogP contribution in [0.5, 0.6) is 0 Å². The van der Waals surface area contributed by atoms with Gasteiger partial charge in [-0.1, -0.05) is 40.0 Å². The van der Waals surface area contributed by atoms with Crippen molar-refractivity contribution >= 4 is 0 Å². The van der Waals surface area contributed by atoms with E-state index in [0.717, 1.165) is 13.0 Å². The second-order valence-corrected chi connectivity index (χ2v) is 5.69. The topological polar surface area (TPSA) is 41.5 Å². The van der Waals surface area contributed by atoms with Crippen LogP contribution in [0.15, 0.2) is 0 Å². The summed E-state index contributed by atoms with van der Waals surface area (Å²) in [5, 5.41) is 13.0. The molecule has 3 nitrogen and oxygen atoms in total. The minimum absolute atomic E-state index is 0.240. The summed E-state index contributed by atoms with van der Waals surface area (Å²) in [7, 11) is 0. The van der Waals surface area contributed by atoms with Crippen molar-refractivity contribution in [2.75, 3.05) is 19.7 Å². The molecule has 2 atom stereocenters. The molecular weight excluding hydrogens is 226 g/mol. The molecule has 3 heteroatoms. The second kappa shape index (κ2) is 11.9. The highest BCUT2D eigenvalue weighted by molar-refractivity contribution is 4.61. The second-order valence-electron chi connectivity index (χ2n) is 5.69. The van der Waals surface area contributed by atoms with Crippen molar-refractivity contribution in [1.29, 1.82) is 0 Å². The Bertz CT molecular complexity index is 174. The predicted octanol–water partition coefficient (Wildman–Crippen LogP) is 2.97. The van der Waals surface area contributed by atoms with Gasteiger partial charge in [-0.15, -0.1) is 0 Å². The summed E-state index contributed by atoms with van der Waals surface area (Å²) in [6, 6.07) is 0. The maximum atomic E-state index is 9.75. The van der Waals surface area contributed by atoms with E-state index in [0.29, 0.717) is 19.1 Å². The zero-order valence-corrected chi connectivity index (χ0v) is 12.7. The third kappa shape index (κ3) is 12.3. The zero-order chi connectivity index (χ0) is 13.8. The van der Waals surface area contributed by atoms with Crippen molar-refractivity contribution in [3.05, 3.63) is 0 Å². The lowest BCUT2D eigenvalue weighted by atomic mass is 10.1. The van der Waals surface area contributed by atoms with E-state index in [4.69, 9.17) is 4.74 Å². The lowest BCUT2D eigenvalue weighted by Crippen LogP contribution is -2.32.